The number of anilines is 2. The number of carbonyl (C=O) groups is 1. The third-order valence-corrected chi connectivity index (χ3v) is 4.23. The number of benzene rings is 3. The molecule has 0 spiro atoms. The van der Waals surface area contributed by atoms with E-state index in [0.29, 0.717) is 5.57 Å². The number of allylic oxidation sites excluding steroid dienone is 2. The Balaban J connectivity index is 1.73. The normalized spacial score (nSPS) is 15.1. The van der Waals surface area contributed by atoms with Gasteiger partial charge in [-0.3, -0.25) is 9.69 Å². The molecule has 4 rings (SSSR count). The molecule has 2 nitrogen and oxygen atoms in total. The first-order valence-electron chi connectivity index (χ1n) is 8.27. The van der Waals surface area contributed by atoms with E-state index in [0.717, 1.165) is 22.5 Å². The van der Waals surface area contributed by atoms with Crippen molar-refractivity contribution in [3.8, 4) is 0 Å². The van der Waals surface area contributed by atoms with Crippen LogP contribution in [0.3, 0.4) is 0 Å². The van der Waals surface area contributed by atoms with Gasteiger partial charge >= 0.3 is 0 Å². The zero-order valence-corrected chi connectivity index (χ0v) is 13.7. The van der Waals surface area contributed by atoms with Gasteiger partial charge in [-0.05, 0) is 29.8 Å². The van der Waals surface area contributed by atoms with Crippen molar-refractivity contribution < 1.29 is 4.79 Å². The molecule has 120 valence electrons. The van der Waals surface area contributed by atoms with E-state index in [1.54, 1.807) is 4.90 Å². The fraction of sp³-hybridized carbons (Fsp3) is 0. The number of fused-ring (bicyclic) bond motifs is 1. The quantitative estimate of drug-likeness (QED) is 0.586. The summed E-state index contributed by atoms with van der Waals surface area (Å²) in [6, 6.07) is 27.7. The molecular weight excluding hydrogens is 306 g/mol. The molecule has 1 amide bonds. The van der Waals surface area contributed by atoms with E-state index in [1.165, 1.54) is 0 Å². The van der Waals surface area contributed by atoms with E-state index in [-0.39, 0.29) is 5.91 Å². The summed E-state index contributed by atoms with van der Waals surface area (Å²) in [5.41, 5.74) is 4.60. The molecule has 0 fully saturated rings. The van der Waals surface area contributed by atoms with Crippen LogP contribution in [0, 0.1) is 0 Å². The van der Waals surface area contributed by atoms with Crippen LogP contribution in [0.15, 0.2) is 97.1 Å². The summed E-state index contributed by atoms with van der Waals surface area (Å²) in [6.07, 6.45) is 5.85. The first-order chi connectivity index (χ1) is 12.3. The number of nitrogens with zero attached hydrogens (tertiary/aromatic N) is 1. The number of hydrogen-bond donors (Lipinski definition) is 0. The summed E-state index contributed by atoms with van der Waals surface area (Å²) >= 11 is 0. The third-order valence-electron chi connectivity index (χ3n) is 4.23. The van der Waals surface area contributed by atoms with E-state index in [4.69, 9.17) is 0 Å². The summed E-state index contributed by atoms with van der Waals surface area (Å²) in [7, 11) is 0. The maximum atomic E-state index is 13.0. The van der Waals surface area contributed by atoms with Gasteiger partial charge in [-0.2, -0.15) is 0 Å². The zero-order valence-electron chi connectivity index (χ0n) is 13.7. The maximum Gasteiger partial charge on any atom is 0.263 e. The van der Waals surface area contributed by atoms with Crippen LogP contribution in [0.25, 0.3) is 11.6 Å². The third kappa shape index (κ3) is 2.90. The van der Waals surface area contributed by atoms with Gasteiger partial charge in [-0.25, -0.2) is 0 Å². The summed E-state index contributed by atoms with van der Waals surface area (Å²) < 4.78 is 0. The van der Waals surface area contributed by atoms with Crippen molar-refractivity contribution >= 4 is 28.9 Å². The van der Waals surface area contributed by atoms with Crippen molar-refractivity contribution in [1.29, 1.82) is 0 Å². The number of hydrogen-bond acceptors (Lipinski definition) is 1. The number of rotatable bonds is 3. The minimum absolute atomic E-state index is 0.00473. The van der Waals surface area contributed by atoms with Crippen LogP contribution in [-0.4, -0.2) is 5.91 Å². The molecule has 0 unspecified atom stereocenters. The summed E-state index contributed by atoms with van der Waals surface area (Å²) in [5, 5.41) is 0. The lowest BCUT2D eigenvalue weighted by Crippen LogP contribution is -2.20. The summed E-state index contributed by atoms with van der Waals surface area (Å²) in [6.45, 7) is 0. The highest BCUT2D eigenvalue weighted by Gasteiger charge is 2.32. The lowest BCUT2D eigenvalue weighted by molar-refractivity contribution is -0.112. The maximum absolute atomic E-state index is 13.0. The van der Waals surface area contributed by atoms with Crippen molar-refractivity contribution in [1.82, 2.24) is 0 Å². The van der Waals surface area contributed by atoms with Gasteiger partial charge in [0.1, 0.15) is 0 Å². The highest BCUT2D eigenvalue weighted by atomic mass is 16.2. The van der Waals surface area contributed by atoms with Gasteiger partial charge in [0.15, 0.2) is 0 Å². The lowest BCUT2D eigenvalue weighted by Gasteiger charge is -2.16. The molecule has 2 heteroatoms. The molecule has 1 aliphatic rings. The molecule has 1 aliphatic heterocycles. The Morgan fingerprint density at radius 2 is 1.36 bits per heavy atom. The Labute approximate surface area is 147 Å². The smallest absolute Gasteiger partial charge is 0.263 e. The predicted molar refractivity (Wildman–Crippen MR) is 103 cm³/mol. The van der Waals surface area contributed by atoms with Crippen molar-refractivity contribution in [2.45, 2.75) is 0 Å². The van der Waals surface area contributed by atoms with E-state index in [1.807, 2.05) is 103 Å². The molecule has 1 heterocycles. The topological polar surface area (TPSA) is 20.3 Å². The molecule has 0 radical (unpaired) electrons. The molecule has 0 aliphatic carbocycles. The summed E-state index contributed by atoms with van der Waals surface area (Å²) in [5.74, 6) is 0.00473. The van der Waals surface area contributed by atoms with Gasteiger partial charge in [-0.15, -0.1) is 0 Å². The van der Waals surface area contributed by atoms with Crippen molar-refractivity contribution in [2.24, 2.45) is 0 Å². The number of amides is 1. The Bertz CT molecular complexity index is 956. The molecule has 0 aromatic heterocycles. The van der Waals surface area contributed by atoms with E-state index < -0.39 is 0 Å². The average molecular weight is 323 g/mol. The van der Waals surface area contributed by atoms with Crippen LogP contribution in [0.5, 0.6) is 0 Å². The van der Waals surface area contributed by atoms with E-state index in [2.05, 4.69) is 0 Å². The van der Waals surface area contributed by atoms with Crippen LogP contribution >= 0.6 is 0 Å². The molecule has 0 atom stereocenters. The Hall–Kier alpha value is -3.39. The molecule has 0 N–H and O–H groups in total. The minimum atomic E-state index is 0.00473. The van der Waals surface area contributed by atoms with Gasteiger partial charge in [0.25, 0.3) is 5.91 Å². The second kappa shape index (κ2) is 6.62. The Morgan fingerprint density at radius 1 is 0.720 bits per heavy atom. The zero-order chi connectivity index (χ0) is 17.1. The van der Waals surface area contributed by atoms with Crippen LogP contribution in [0.2, 0.25) is 0 Å². The van der Waals surface area contributed by atoms with Gasteiger partial charge < -0.3 is 0 Å². The Kier molecular flexibility index (Phi) is 4.01. The average Bonchev–Trinajstić information content (AvgIpc) is 2.95. The van der Waals surface area contributed by atoms with Crippen LogP contribution in [0.1, 0.15) is 11.1 Å². The van der Waals surface area contributed by atoms with Gasteiger partial charge in [0, 0.05) is 16.8 Å². The highest BCUT2D eigenvalue weighted by molar-refractivity contribution is 6.35. The number of carbonyl (C=O) groups excluding carboxylic acids is 1. The van der Waals surface area contributed by atoms with Crippen molar-refractivity contribution in [2.75, 3.05) is 4.90 Å². The van der Waals surface area contributed by atoms with Crippen LogP contribution in [0.4, 0.5) is 11.4 Å². The standard InChI is InChI=1S/C23H17NO/c25-23-21(16-9-12-18-10-3-1-4-11-18)20-15-7-8-17-22(20)24(23)19-13-5-2-6-14-19/h1-17H/b12-9+,21-16+. The molecule has 3 aromatic rings. The fourth-order valence-electron chi connectivity index (χ4n) is 3.06. The largest absolute Gasteiger partial charge is 0.276 e. The van der Waals surface area contributed by atoms with Gasteiger partial charge in [0.05, 0.1) is 5.69 Å². The second-order valence-electron chi connectivity index (χ2n) is 5.84. The first-order valence-corrected chi connectivity index (χ1v) is 8.27. The number of para-hydroxylation sites is 2. The predicted octanol–water partition coefficient (Wildman–Crippen LogP) is 5.46. The van der Waals surface area contributed by atoms with Crippen molar-refractivity contribution in [3.05, 3.63) is 108 Å². The fourth-order valence-corrected chi connectivity index (χ4v) is 3.06. The molecule has 25 heavy (non-hydrogen) atoms. The van der Waals surface area contributed by atoms with Crippen LogP contribution in [-0.2, 0) is 4.79 Å². The Morgan fingerprint density at radius 3 is 2.12 bits per heavy atom. The SMILES string of the molecule is O=C1/C(=C/C=C/c2ccccc2)c2ccccc2N1c1ccccc1. The molecule has 0 saturated heterocycles. The first kappa shape index (κ1) is 15.2. The second-order valence-corrected chi connectivity index (χ2v) is 5.84. The van der Waals surface area contributed by atoms with E-state index in [9.17, 15) is 4.79 Å². The minimum Gasteiger partial charge on any atom is -0.276 e. The molecule has 0 saturated carbocycles. The monoisotopic (exact) mass is 323 g/mol. The van der Waals surface area contributed by atoms with Crippen molar-refractivity contribution in [3.63, 3.8) is 0 Å². The molecule has 3 aromatic carbocycles. The summed E-state index contributed by atoms with van der Waals surface area (Å²) in [4.78, 5) is 14.8. The molecule has 0 bridgehead atoms. The van der Waals surface area contributed by atoms with Crippen LogP contribution < -0.4 is 4.90 Å². The van der Waals surface area contributed by atoms with Gasteiger partial charge in [0.2, 0.25) is 0 Å². The van der Waals surface area contributed by atoms with Gasteiger partial charge in [-0.1, -0.05) is 78.9 Å². The molecular formula is C23H17NO. The van der Waals surface area contributed by atoms with E-state index >= 15 is 0 Å². The highest BCUT2D eigenvalue weighted by Crippen LogP contribution is 2.41. The lowest BCUT2D eigenvalue weighted by atomic mass is 10.1.